The molecule has 0 aliphatic heterocycles. The minimum Gasteiger partial charge on any atom is -0.462 e. The first-order chi connectivity index (χ1) is 9.52. The molecule has 0 radical (unpaired) electrons. The molecule has 2 rings (SSSR count). The minimum atomic E-state index is -0.371. The highest BCUT2D eigenvalue weighted by molar-refractivity contribution is 7.18. The highest BCUT2D eigenvalue weighted by Gasteiger charge is 2.17. The number of rotatable bonds is 4. The normalized spacial score (nSPS) is 10.3. The van der Waals surface area contributed by atoms with Crippen LogP contribution in [0.1, 0.15) is 31.8 Å². The first-order valence-corrected chi connectivity index (χ1v) is 7.92. The molecule has 2 heterocycles. The zero-order chi connectivity index (χ0) is 14.7. The van der Waals surface area contributed by atoms with Crippen LogP contribution in [0.25, 0.3) is 0 Å². The van der Waals surface area contributed by atoms with E-state index in [4.69, 9.17) is 16.3 Å². The Morgan fingerprint density at radius 1 is 1.40 bits per heavy atom. The van der Waals surface area contributed by atoms with E-state index >= 15 is 0 Å². The second-order valence-electron chi connectivity index (χ2n) is 3.90. The molecule has 0 aromatic carbocycles. The van der Waals surface area contributed by atoms with E-state index in [2.05, 4.69) is 5.32 Å². The van der Waals surface area contributed by atoms with Crippen molar-refractivity contribution >= 4 is 51.2 Å². The number of esters is 1. The molecule has 0 bridgehead atoms. The quantitative estimate of drug-likeness (QED) is 0.855. The van der Waals surface area contributed by atoms with Crippen LogP contribution in [0.2, 0.25) is 5.02 Å². The summed E-state index contributed by atoms with van der Waals surface area (Å²) < 4.78 is 4.96. The van der Waals surface area contributed by atoms with Crippen LogP contribution in [-0.2, 0) is 4.74 Å². The van der Waals surface area contributed by atoms with E-state index in [1.54, 1.807) is 31.4 Å². The largest absolute Gasteiger partial charge is 0.462 e. The van der Waals surface area contributed by atoms with E-state index in [1.165, 1.54) is 22.7 Å². The van der Waals surface area contributed by atoms with E-state index in [0.29, 0.717) is 26.4 Å². The van der Waals surface area contributed by atoms with Crippen LogP contribution in [0.4, 0.5) is 5.00 Å². The van der Waals surface area contributed by atoms with Gasteiger partial charge >= 0.3 is 5.97 Å². The summed E-state index contributed by atoms with van der Waals surface area (Å²) in [4.78, 5) is 24.7. The average molecular weight is 330 g/mol. The number of anilines is 1. The number of aryl methyl sites for hydroxylation is 1. The average Bonchev–Trinajstić information content (AvgIpc) is 2.96. The van der Waals surface area contributed by atoms with Gasteiger partial charge in [-0.05, 0) is 36.9 Å². The highest BCUT2D eigenvalue weighted by atomic mass is 35.5. The van der Waals surface area contributed by atoms with Crippen LogP contribution in [0, 0.1) is 6.92 Å². The SMILES string of the molecule is CCOC(=O)c1sc(NC(=O)c2sccc2Cl)cc1C. The number of thiophene rings is 2. The van der Waals surface area contributed by atoms with Gasteiger partial charge in [-0.15, -0.1) is 22.7 Å². The third kappa shape index (κ3) is 3.20. The van der Waals surface area contributed by atoms with Gasteiger partial charge in [-0.2, -0.15) is 0 Å². The molecule has 20 heavy (non-hydrogen) atoms. The van der Waals surface area contributed by atoms with Crippen molar-refractivity contribution in [3.05, 3.63) is 37.9 Å². The molecular formula is C13H12ClNO3S2. The zero-order valence-corrected chi connectivity index (χ0v) is 13.2. The molecule has 0 saturated carbocycles. The Bertz CT molecular complexity index is 648. The lowest BCUT2D eigenvalue weighted by molar-refractivity contribution is 0.0531. The molecule has 7 heteroatoms. The standard InChI is InChI=1S/C13H12ClNO3S2/c1-3-18-13(17)10-7(2)6-9(20-10)15-12(16)11-8(14)4-5-19-11/h4-6H,3H2,1-2H3,(H,15,16). The van der Waals surface area contributed by atoms with Gasteiger partial charge in [0.2, 0.25) is 0 Å². The molecule has 0 unspecified atom stereocenters. The van der Waals surface area contributed by atoms with Crippen LogP contribution in [0.3, 0.4) is 0 Å². The van der Waals surface area contributed by atoms with Crippen molar-refractivity contribution in [3.8, 4) is 0 Å². The topological polar surface area (TPSA) is 55.4 Å². The van der Waals surface area contributed by atoms with E-state index in [9.17, 15) is 9.59 Å². The maximum Gasteiger partial charge on any atom is 0.348 e. The first-order valence-electron chi connectivity index (χ1n) is 5.84. The molecule has 0 fully saturated rings. The Morgan fingerprint density at radius 3 is 2.75 bits per heavy atom. The maximum atomic E-state index is 12.0. The summed E-state index contributed by atoms with van der Waals surface area (Å²) >= 11 is 8.37. The van der Waals surface area contributed by atoms with Crippen LogP contribution in [0.15, 0.2) is 17.5 Å². The van der Waals surface area contributed by atoms with Crippen molar-refractivity contribution in [3.63, 3.8) is 0 Å². The second-order valence-corrected chi connectivity index (χ2v) is 6.27. The van der Waals surface area contributed by atoms with Crippen LogP contribution in [0.5, 0.6) is 0 Å². The Kier molecular flexibility index (Phi) is 4.80. The summed E-state index contributed by atoms with van der Waals surface area (Å²) in [6.07, 6.45) is 0. The Labute approximate surface area is 129 Å². The van der Waals surface area contributed by atoms with Crippen molar-refractivity contribution in [2.24, 2.45) is 0 Å². The van der Waals surface area contributed by atoms with E-state index in [-0.39, 0.29) is 11.9 Å². The molecule has 0 aliphatic carbocycles. The molecule has 4 nitrogen and oxygen atoms in total. The highest BCUT2D eigenvalue weighted by Crippen LogP contribution is 2.29. The lowest BCUT2D eigenvalue weighted by Crippen LogP contribution is -2.09. The van der Waals surface area contributed by atoms with Gasteiger partial charge in [0.15, 0.2) is 0 Å². The molecular weight excluding hydrogens is 318 g/mol. The van der Waals surface area contributed by atoms with Crippen molar-refractivity contribution in [1.82, 2.24) is 0 Å². The molecule has 1 amide bonds. The first kappa shape index (κ1) is 15.0. The molecule has 106 valence electrons. The number of hydrogen-bond donors (Lipinski definition) is 1. The number of carbonyl (C=O) groups excluding carboxylic acids is 2. The molecule has 2 aromatic heterocycles. The monoisotopic (exact) mass is 329 g/mol. The molecule has 0 atom stereocenters. The Morgan fingerprint density at radius 2 is 2.15 bits per heavy atom. The smallest absolute Gasteiger partial charge is 0.348 e. The van der Waals surface area contributed by atoms with Crippen LogP contribution >= 0.6 is 34.3 Å². The fourth-order valence-corrected chi connectivity index (χ4v) is 3.56. The van der Waals surface area contributed by atoms with Crippen molar-refractivity contribution in [1.29, 1.82) is 0 Å². The van der Waals surface area contributed by atoms with E-state index in [0.717, 1.165) is 5.56 Å². The van der Waals surface area contributed by atoms with Gasteiger partial charge in [0.05, 0.1) is 16.6 Å². The van der Waals surface area contributed by atoms with Gasteiger partial charge in [0, 0.05) is 0 Å². The van der Waals surface area contributed by atoms with Gasteiger partial charge in [0.25, 0.3) is 5.91 Å². The molecule has 0 saturated heterocycles. The summed E-state index contributed by atoms with van der Waals surface area (Å²) in [7, 11) is 0. The van der Waals surface area contributed by atoms with Gasteiger partial charge in [-0.1, -0.05) is 11.6 Å². The van der Waals surface area contributed by atoms with Crippen LogP contribution in [-0.4, -0.2) is 18.5 Å². The number of nitrogens with one attached hydrogen (secondary N) is 1. The number of halogens is 1. The number of ether oxygens (including phenoxy) is 1. The molecule has 2 aromatic rings. The second kappa shape index (κ2) is 6.39. The third-order valence-corrected chi connectivity index (χ3v) is 4.91. The zero-order valence-electron chi connectivity index (χ0n) is 10.9. The summed E-state index contributed by atoms with van der Waals surface area (Å²) in [5.74, 6) is -0.647. The number of hydrogen-bond acceptors (Lipinski definition) is 5. The summed E-state index contributed by atoms with van der Waals surface area (Å²) in [5.41, 5.74) is 0.779. The predicted octanol–water partition coefficient (Wildman–Crippen LogP) is 4.20. The Hall–Kier alpha value is -1.37. The minimum absolute atomic E-state index is 0.276. The summed E-state index contributed by atoms with van der Waals surface area (Å²) in [5, 5.41) is 5.51. The number of carbonyl (C=O) groups is 2. The molecule has 1 N–H and O–H groups in total. The lowest BCUT2D eigenvalue weighted by Gasteiger charge is -2.00. The van der Waals surface area contributed by atoms with Crippen LogP contribution < -0.4 is 5.32 Å². The molecule has 0 spiro atoms. The fourth-order valence-electron chi connectivity index (χ4n) is 1.57. The van der Waals surface area contributed by atoms with E-state index in [1.807, 2.05) is 0 Å². The van der Waals surface area contributed by atoms with Gasteiger partial charge in [0.1, 0.15) is 9.75 Å². The predicted molar refractivity (Wildman–Crippen MR) is 82.3 cm³/mol. The van der Waals surface area contributed by atoms with Crippen molar-refractivity contribution in [2.75, 3.05) is 11.9 Å². The lowest BCUT2D eigenvalue weighted by atomic mass is 10.3. The van der Waals surface area contributed by atoms with E-state index < -0.39 is 0 Å². The fraction of sp³-hybridized carbons (Fsp3) is 0.231. The van der Waals surface area contributed by atoms with Gasteiger partial charge < -0.3 is 10.1 Å². The van der Waals surface area contributed by atoms with Gasteiger partial charge in [-0.3, -0.25) is 4.79 Å². The van der Waals surface area contributed by atoms with Gasteiger partial charge in [-0.25, -0.2) is 4.79 Å². The summed E-state index contributed by atoms with van der Waals surface area (Å²) in [6, 6.07) is 3.42. The maximum absolute atomic E-state index is 12.0. The van der Waals surface area contributed by atoms with Crippen molar-refractivity contribution < 1.29 is 14.3 Å². The number of amides is 1. The molecule has 0 aliphatic rings. The third-order valence-electron chi connectivity index (χ3n) is 2.44. The Balaban J connectivity index is 2.15. The summed E-state index contributed by atoms with van der Waals surface area (Å²) in [6.45, 7) is 3.88. The van der Waals surface area contributed by atoms with Crippen molar-refractivity contribution in [2.45, 2.75) is 13.8 Å².